The molecule has 1 aliphatic carbocycles. The van der Waals surface area contributed by atoms with Gasteiger partial charge in [0.05, 0.1) is 17.7 Å². The van der Waals surface area contributed by atoms with E-state index in [1.165, 1.54) is 5.56 Å². The van der Waals surface area contributed by atoms with Crippen LogP contribution in [0.5, 0.6) is 0 Å². The first kappa shape index (κ1) is 14.6. The maximum atomic E-state index is 8.86. The van der Waals surface area contributed by atoms with Crippen molar-refractivity contribution in [2.75, 3.05) is 0 Å². The summed E-state index contributed by atoms with van der Waals surface area (Å²) in [5.41, 5.74) is 2.15. The zero-order valence-corrected chi connectivity index (χ0v) is 12.0. The van der Waals surface area contributed by atoms with E-state index >= 15 is 0 Å². The minimum absolute atomic E-state index is 0.224. The Labute approximate surface area is 121 Å². The molecule has 0 aliphatic heterocycles. The lowest BCUT2D eigenvalue weighted by molar-refractivity contribution is 0.188. The topological polar surface area (TPSA) is 59.6 Å². The van der Waals surface area contributed by atoms with Crippen molar-refractivity contribution < 1.29 is 0 Å². The van der Waals surface area contributed by atoms with Crippen LogP contribution in [0.2, 0.25) is 0 Å². The lowest BCUT2D eigenvalue weighted by atomic mass is 9.72. The number of rotatable bonds is 4. The molecular weight excluding hydrogens is 246 g/mol. The Kier molecular flexibility index (Phi) is 4.77. The molecule has 2 rings (SSSR count). The first-order valence-corrected chi connectivity index (χ1v) is 7.25. The maximum Gasteiger partial charge on any atom is 0.0991 e. The molecule has 1 aromatic rings. The highest BCUT2D eigenvalue weighted by atomic mass is 14.9. The molecule has 20 heavy (non-hydrogen) atoms. The molecule has 0 amide bonds. The average Bonchev–Trinajstić information content (AvgIpc) is 2.47. The molecule has 0 radical (unpaired) electrons. The quantitative estimate of drug-likeness (QED) is 0.908. The summed E-state index contributed by atoms with van der Waals surface area (Å²) in [5.74, 6) is 0. The van der Waals surface area contributed by atoms with Crippen molar-refractivity contribution >= 4 is 0 Å². The maximum absolute atomic E-state index is 8.86. The number of nitrogens with zero attached hydrogens (tertiary/aromatic N) is 2. The Hall–Kier alpha value is -1.84. The van der Waals surface area contributed by atoms with Gasteiger partial charge in [0, 0.05) is 19.0 Å². The van der Waals surface area contributed by atoms with Gasteiger partial charge in [-0.1, -0.05) is 19.1 Å². The molecule has 1 N–H and O–H groups in total. The Morgan fingerprint density at radius 1 is 1.20 bits per heavy atom. The van der Waals surface area contributed by atoms with Gasteiger partial charge in [-0.15, -0.1) is 0 Å². The van der Waals surface area contributed by atoms with Crippen molar-refractivity contribution in [3.05, 3.63) is 35.4 Å². The molecule has 1 saturated carbocycles. The van der Waals surface area contributed by atoms with Crippen LogP contribution >= 0.6 is 0 Å². The summed E-state index contributed by atoms with van der Waals surface area (Å²) in [7, 11) is 0. The summed E-state index contributed by atoms with van der Waals surface area (Å²) in [5, 5.41) is 21.2. The van der Waals surface area contributed by atoms with Gasteiger partial charge in [-0.2, -0.15) is 10.5 Å². The van der Waals surface area contributed by atoms with Crippen LogP contribution in [0, 0.1) is 28.1 Å². The van der Waals surface area contributed by atoms with E-state index in [1.807, 2.05) is 24.3 Å². The molecule has 1 fully saturated rings. The summed E-state index contributed by atoms with van der Waals surface area (Å²) >= 11 is 0. The van der Waals surface area contributed by atoms with Gasteiger partial charge in [-0.05, 0) is 48.8 Å². The molecule has 0 aromatic heterocycles. The third-order valence-electron chi connectivity index (χ3n) is 4.38. The summed E-state index contributed by atoms with van der Waals surface area (Å²) < 4.78 is 0. The zero-order valence-electron chi connectivity index (χ0n) is 12.0. The Balaban J connectivity index is 1.79. The van der Waals surface area contributed by atoms with Gasteiger partial charge in [0.2, 0.25) is 0 Å². The van der Waals surface area contributed by atoms with Gasteiger partial charge < -0.3 is 5.32 Å². The number of benzene rings is 1. The van der Waals surface area contributed by atoms with E-state index in [1.54, 1.807) is 0 Å². The zero-order chi connectivity index (χ0) is 14.4. The first-order chi connectivity index (χ1) is 9.65. The van der Waals surface area contributed by atoms with Crippen LogP contribution in [0.15, 0.2) is 24.3 Å². The summed E-state index contributed by atoms with van der Waals surface area (Å²) in [6.07, 6.45) is 5.23. The van der Waals surface area contributed by atoms with Crippen molar-refractivity contribution in [2.24, 2.45) is 5.41 Å². The highest BCUT2D eigenvalue weighted by molar-refractivity contribution is 5.31. The lowest BCUT2D eigenvalue weighted by Gasteiger charge is -2.36. The van der Waals surface area contributed by atoms with Crippen LogP contribution in [-0.2, 0) is 6.54 Å². The predicted octanol–water partition coefficient (Wildman–Crippen LogP) is 3.51. The van der Waals surface area contributed by atoms with Crippen molar-refractivity contribution in [1.82, 2.24) is 5.32 Å². The SMILES string of the molecule is C[C@]1(CC#N)CC[C@H](NCc2ccc(C#N)cc2)CC1. The second-order valence-electron chi connectivity index (χ2n) is 6.11. The normalized spacial score (nSPS) is 25.6. The number of nitrogens with one attached hydrogen (secondary N) is 1. The number of hydrogen-bond donors (Lipinski definition) is 1. The van der Waals surface area contributed by atoms with E-state index < -0.39 is 0 Å². The highest BCUT2D eigenvalue weighted by Crippen LogP contribution is 2.38. The molecule has 0 heterocycles. The molecule has 1 aliphatic rings. The average molecular weight is 267 g/mol. The van der Waals surface area contributed by atoms with E-state index in [0.29, 0.717) is 18.0 Å². The van der Waals surface area contributed by atoms with E-state index in [9.17, 15) is 0 Å². The minimum atomic E-state index is 0.224. The van der Waals surface area contributed by atoms with Crippen LogP contribution in [-0.4, -0.2) is 6.04 Å². The largest absolute Gasteiger partial charge is 0.310 e. The summed E-state index contributed by atoms with van der Waals surface area (Å²) in [4.78, 5) is 0. The van der Waals surface area contributed by atoms with Gasteiger partial charge >= 0.3 is 0 Å². The molecule has 0 spiro atoms. The van der Waals surface area contributed by atoms with Crippen molar-refractivity contribution in [1.29, 1.82) is 10.5 Å². The summed E-state index contributed by atoms with van der Waals surface area (Å²) in [6, 6.07) is 12.7. The molecule has 0 saturated heterocycles. The molecule has 1 aromatic carbocycles. The molecule has 0 unspecified atom stereocenters. The van der Waals surface area contributed by atoms with Crippen molar-refractivity contribution in [3.8, 4) is 12.1 Å². The molecule has 0 bridgehead atoms. The first-order valence-electron chi connectivity index (χ1n) is 7.25. The molecule has 0 atom stereocenters. The third kappa shape index (κ3) is 3.83. The van der Waals surface area contributed by atoms with E-state index in [0.717, 1.165) is 32.2 Å². The number of hydrogen-bond acceptors (Lipinski definition) is 3. The molecule has 3 heteroatoms. The molecular formula is C17H21N3. The predicted molar refractivity (Wildman–Crippen MR) is 78.6 cm³/mol. The fourth-order valence-electron chi connectivity index (χ4n) is 2.85. The second kappa shape index (κ2) is 6.55. The van der Waals surface area contributed by atoms with Crippen LogP contribution in [0.3, 0.4) is 0 Å². The highest BCUT2D eigenvalue weighted by Gasteiger charge is 2.30. The Morgan fingerprint density at radius 2 is 1.85 bits per heavy atom. The fourth-order valence-corrected chi connectivity index (χ4v) is 2.85. The molecule has 3 nitrogen and oxygen atoms in total. The van der Waals surface area contributed by atoms with Crippen LogP contribution < -0.4 is 5.32 Å². The van der Waals surface area contributed by atoms with Crippen molar-refractivity contribution in [2.45, 2.75) is 51.6 Å². The lowest BCUT2D eigenvalue weighted by Crippen LogP contribution is -2.36. The molecule has 104 valence electrons. The fraction of sp³-hybridized carbons (Fsp3) is 0.529. The monoisotopic (exact) mass is 267 g/mol. The van der Waals surface area contributed by atoms with Crippen molar-refractivity contribution in [3.63, 3.8) is 0 Å². The third-order valence-corrected chi connectivity index (χ3v) is 4.38. The smallest absolute Gasteiger partial charge is 0.0991 e. The van der Waals surface area contributed by atoms with E-state index in [4.69, 9.17) is 10.5 Å². The van der Waals surface area contributed by atoms with E-state index in [-0.39, 0.29) is 5.41 Å². The Bertz CT molecular complexity index is 511. The Morgan fingerprint density at radius 3 is 2.40 bits per heavy atom. The standard InChI is InChI=1S/C17H21N3/c1-17(10-11-18)8-6-16(7-9-17)20-13-15-4-2-14(12-19)3-5-15/h2-5,16,20H,6-10,13H2,1H3/t16-,17-. The van der Waals surface area contributed by atoms with Gasteiger partial charge in [0.1, 0.15) is 0 Å². The van der Waals surface area contributed by atoms with Gasteiger partial charge in [0.25, 0.3) is 0 Å². The van der Waals surface area contributed by atoms with Crippen LogP contribution in [0.4, 0.5) is 0 Å². The van der Waals surface area contributed by atoms with Gasteiger partial charge in [0.15, 0.2) is 0 Å². The van der Waals surface area contributed by atoms with Crippen LogP contribution in [0.25, 0.3) is 0 Å². The van der Waals surface area contributed by atoms with Crippen LogP contribution in [0.1, 0.15) is 50.2 Å². The summed E-state index contributed by atoms with van der Waals surface area (Å²) in [6.45, 7) is 3.08. The van der Waals surface area contributed by atoms with E-state index in [2.05, 4.69) is 24.4 Å². The number of nitriles is 2. The second-order valence-corrected chi connectivity index (χ2v) is 6.11. The minimum Gasteiger partial charge on any atom is -0.310 e. The van der Waals surface area contributed by atoms with Gasteiger partial charge in [-0.25, -0.2) is 0 Å². The van der Waals surface area contributed by atoms with Gasteiger partial charge in [-0.3, -0.25) is 0 Å².